The average Bonchev–Trinajstić information content (AvgIpc) is 2.37. The molecule has 2 N–H and O–H groups in total. The molecular weight excluding hydrogens is 261 g/mol. The molecule has 0 heterocycles. The third kappa shape index (κ3) is 3.84. The van der Waals surface area contributed by atoms with Crippen LogP contribution in [0.5, 0.6) is 0 Å². The molecule has 0 atom stereocenters. The average molecular weight is 274 g/mol. The highest BCUT2D eigenvalue weighted by molar-refractivity contribution is 5.58. The smallest absolute Gasteiger partial charge is 0.395 e. The van der Waals surface area contributed by atoms with Crippen molar-refractivity contribution in [3.8, 4) is 6.07 Å². The SMILES string of the molecule is N#Cc1ccc(N(CCO)CCO)c(C(F)(F)F)c1. The van der Waals surface area contributed by atoms with Crippen LogP contribution in [0, 0.1) is 11.3 Å². The minimum absolute atomic E-state index is 0.0322. The van der Waals surface area contributed by atoms with Gasteiger partial charge in [-0.2, -0.15) is 18.4 Å². The molecule has 104 valence electrons. The summed E-state index contributed by atoms with van der Waals surface area (Å²) in [5, 5.41) is 26.4. The minimum Gasteiger partial charge on any atom is -0.395 e. The molecule has 1 rings (SSSR count). The van der Waals surface area contributed by atoms with Gasteiger partial charge in [0.15, 0.2) is 0 Å². The van der Waals surface area contributed by atoms with E-state index < -0.39 is 11.7 Å². The van der Waals surface area contributed by atoms with Gasteiger partial charge in [0.1, 0.15) is 0 Å². The molecule has 0 spiro atoms. The highest BCUT2D eigenvalue weighted by Crippen LogP contribution is 2.37. The van der Waals surface area contributed by atoms with Gasteiger partial charge in [-0.05, 0) is 18.2 Å². The van der Waals surface area contributed by atoms with Gasteiger partial charge < -0.3 is 15.1 Å². The summed E-state index contributed by atoms with van der Waals surface area (Å²) < 4.78 is 38.8. The lowest BCUT2D eigenvalue weighted by Gasteiger charge is -2.26. The lowest BCUT2D eigenvalue weighted by atomic mass is 10.1. The van der Waals surface area contributed by atoms with Gasteiger partial charge in [0.2, 0.25) is 0 Å². The topological polar surface area (TPSA) is 67.5 Å². The van der Waals surface area contributed by atoms with Gasteiger partial charge in [-0.1, -0.05) is 0 Å². The molecule has 0 saturated heterocycles. The first-order chi connectivity index (χ1) is 8.93. The van der Waals surface area contributed by atoms with Crippen molar-refractivity contribution in [1.29, 1.82) is 5.26 Å². The van der Waals surface area contributed by atoms with Crippen LogP contribution < -0.4 is 4.90 Å². The third-order valence-corrected chi connectivity index (χ3v) is 2.51. The number of rotatable bonds is 5. The van der Waals surface area contributed by atoms with E-state index in [2.05, 4.69) is 0 Å². The van der Waals surface area contributed by atoms with Crippen molar-refractivity contribution in [3.63, 3.8) is 0 Å². The van der Waals surface area contributed by atoms with E-state index in [0.717, 1.165) is 6.07 Å². The molecule has 0 bridgehead atoms. The van der Waals surface area contributed by atoms with Crippen molar-refractivity contribution in [1.82, 2.24) is 0 Å². The molecule has 1 aromatic rings. The van der Waals surface area contributed by atoms with Crippen LogP contribution in [0.15, 0.2) is 18.2 Å². The Labute approximate surface area is 108 Å². The van der Waals surface area contributed by atoms with Gasteiger partial charge in [0.05, 0.1) is 30.4 Å². The zero-order chi connectivity index (χ0) is 14.5. The number of aliphatic hydroxyl groups excluding tert-OH is 2. The Bertz CT molecular complexity index is 463. The molecule has 0 amide bonds. The molecule has 0 aliphatic carbocycles. The van der Waals surface area contributed by atoms with Crippen LogP contribution in [0.2, 0.25) is 0 Å². The van der Waals surface area contributed by atoms with Crippen LogP contribution in [0.1, 0.15) is 11.1 Å². The lowest BCUT2D eigenvalue weighted by Crippen LogP contribution is -2.31. The summed E-state index contributed by atoms with van der Waals surface area (Å²) in [5.74, 6) is 0. The van der Waals surface area contributed by atoms with Crippen LogP contribution in [0.4, 0.5) is 18.9 Å². The van der Waals surface area contributed by atoms with Crippen LogP contribution in [-0.4, -0.2) is 36.5 Å². The fourth-order valence-corrected chi connectivity index (χ4v) is 1.70. The van der Waals surface area contributed by atoms with Gasteiger partial charge in [-0.25, -0.2) is 0 Å². The van der Waals surface area contributed by atoms with Gasteiger partial charge in [-0.3, -0.25) is 0 Å². The molecule has 1 aromatic carbocycles. The number of nitrogens with zero attached hydrogens (tertiary/aromatic N) is 2. The van der Waals surface area contributed by atoms with E-state index in [1.807, 2.05) is 0 Å². The molecule has 4 nitrogen and oxygen atoms in total. The molecule has 19 heavy (non-hydrogen) atoms. The molecule has 0 aromatic heterocycles. The molecule has 0 fully saturated rings. The normalized spacial score (nSPS) is 11.2. The highest BCUT2D eigenvalue weighted by atomic mass is 19.4. The van der Waals surface area contributed by atoms with Crippen molar-refractivity contribution in [3.05, 3.63) is 29.3 Å². The Morgan fingerprint density at radius 1 is 1.16 bits per heavy atom. The maximum absolute atomic E-state index is 12.9. The Morgan fingerprint density at radius 2 is 1.74 bits per heavy atom. The number of nitriles is 1. The summed E-state index contributed by atoms with van der Waals surface area (Å²) in [4.78, 5) is 1.23. The fourth-order valence-electron chi connectivity index (χ4n) is 1.70. The zero-order valence-electron chi connectivity index (χ0n) is 9.98. The Balaban J connectivity index is 3.28. The van der Waals surface area contributed by atoms with Gasteiger partial charge in [-0.15, -0.1) is 0 Å². The van der Waals surface area contributed by atoms with E-state index in [0.29, 0.717) is 0 Å². The van der Waals surface area contributed by atoms with Crippen molar-refractivity contribution >= 4 is 5.69 Å². The van der Waals surface area contributed by atoms with Crippen LogP contribution >= 0.6 is 0 Å². The summed E-state index contributed by atoms with van der Waals surface area (Å²) in [5.41, 5.74) is -1.20. The van der Waals surface area contributed by atoms with E-state index in [9.17, 15) is 13.2 Å². The predicted octanol–water partition coefficient (Wildman–Crippen LogP) is 1.37. The fraction of sp³-hybridized carbons (Fsp3) is 0.417. The van der Waals surface area contributed by atoms with Gasteiger partial charge >= 0.3 is 6.18 Å². The van der Waals surface area contributed by atoms with Crippen molar-refractivity contribution < 1.29 is 23.4 Å². The molecule has 0 unspecified atom stereocenters. The molecule has 0 saturated carbocycles. The first-order valence-electron chi connectivity index (χ1n) is 5.52. The Morgan fingerprint density at radius 3 is 2.16 bits per heavy atom. The quantitative estimate of drug-likeness (QED) is 0.851. The number of hydrogen-bond donors (Lipinski definition) is 2. The largest absolute Gasteiger partial charge is 0.418 e. The molecule has 0 aliphatic heterocycles. The van der Waals surface area contributed by atoms with E-state index in [1.54, 1.807) is 6.07 Å². The second kappa shape index (κ2) is 6.41. The summed E-state index contributed by atoms with van der Waals surface area (Å²) in [7, 11) is 0. The zero-order valence-corrected chi connectivity index (χ0v) is 9.98. The third-order valence-electron chi connectivity index (χ3n) is 2.51. The van der Waals surface area contributed by atoms with Crippen molar-refractivity contribution in [2.45, 2.75) is 6.18 Å². The van der Waals surface area contributed by atoms with Crippen LogP contribution in [0.25, 0.3) is 0 Å². The minimum atomic E-state index is -4.61. The number of hydrogen-bond acceptors (Lipinski definition) is 4. The summed E-state index contributed by atoms with van der Waals surface area (Å²) in [6.07, 6.45) is -4.61. The summed E-state index contributed by atoms with van der Waals surface area (Å²) in [6.45, 7) is -0.736. The van der Waals surface area contributed by atoms with E-state index in [4.69, 9.17) is 15.5 Å². The van der Waals surface area contributed by atoms with Gasteiger partial charge in [0.25, 0.3) is 0 Å². The molecule has 0 aliphatic rings. The van der Waals surface area contributed by atoms with Crippen LogP contribution in [-0.2, 0) is 6.18 Å². The molecule has 0 radical (unpaired) electrons. The number of halogens is 3. The van der Waals surface area contributed by atoms with Crippen molar-refractivity contribution in [2.75, 3.05) is 31.2 Å². The summed E-state index contributed by atoms with van der Waals surface area (Å²) >= 11 is 0. The second-order valence-electron chi connectivity index (χ2n) is 3.78. The monoisotopic (exact) mass is 274 g/mol. The van der Waals surface area contributed by atoms with Crippen molar-refractivity contribution in [2.24, 2.45) is 0 Å². The number of benzene rings is 1. The Hall–Kier alpha value is -1.78. The maximum atomic E-state index is 12.9. The maximum Gasteiger partial charge on any atom is 0.418 e. The Kier molecular flexibility index (Phi) is 5.15. The second-order valence-corrected chi connectivity index (χ2v) is 3.78. The number of anilines is 1. The highest BCUT2D eigenvalue weighted by Gasteiger charge is 2.35. The lowest BCUT2D eigenvalue weighted by molar-refractivity contribution is -0.137. The number of aliphatic hydroxyl groups is 2. The van der Waals surface area contributed by atoms with Gasteiger partial charge in [0, 0.05) is 18.8 Å². The van der Waals surface area contributed by atoms with Crippen LogP contribution in [0.3, 0.4) is 0 Å². The predicted molar refractivity (Wildman–Crippen MR) is 62.5 cm³/mol. The first-order valence-corrected chi connectivity index (χ1v) is 5.52. The standard InChI is InChI=1S/C12H13F3N2O2/c13-12(14,15)10-7-9(8-16)1-2-11(10)17(3-5-18)4-6-19/h1-2,7,18-19H,3-6H2. The van der Waals surface area contributed by atoms with E-state index in [-0.39, 0.29) is 37.6 Å². The van der Waals surface area contributed by atoms with E-state index >= 15 is 0 Å². The van der Waals surface area contributed by atoms with E-state index in [1.165, 1.54) is 17.0 Å². The molecular formula is C12H13F3N2O2. The molecule has 7 heteroatoms. The number of alkyl halides is 3. The first kappa shape index (κ1) is 15.3. The summed E-state index contributed by atoms with van der Waals surface area (Å²) in [6, 6.07) is 4.86.